The molecular formula is C22H21ClN2O6S. The van der Waals surface area contributed by atoms with Gasteiger partial charge in [-0.15, -0.1) is 0 Å². The normalized spacial score (nSPS) is 14.9. The van der Waals surface area contributed by atoms with Gasteiger partial charge in [0.25, 0.3) is 0 Å². The summed E-state index contributed by atoms with van der Waals surface area (Å²) in [5.74, 6) is -0.537. The first-order valence-corrected chi connectivity index (χ1v) is 11.7. The molecule has 32 heavy (non-hydrogen) atoms. The molecule has 0 aliphatic carbocycles. The van der Waals surface area contributed by atoms with E-state index in [9.17, 15) is 13.2 Å². The predicted molar refractivity (Wildman–Crippen MR) is 118 cm³/mol. The minimum Gasteiger partial charge on any atom is -0.495 e. The summed E-state index contributed by atoms with van der Waals surface area (Å²) < 4.78 is 43.4. The monoisotopic (exact) mass is 476 g/mol. The first-order chi connectivity index (χ1) is 15.4. The quantitative estimate of drug-likeness (QED) is 0.398. The maximum atomic E-state index is 13.1. The lowest BCUT2D eigenvalue weighted by Crippen LogP contribution is -2.40. The van der Waals surface area contributed by atoms with Crippen LogP contribution in [0.3, 0.4) is 0 Å². The number of benzene rings is 2. The summed E-state index contributed by atoms with van der Waals surface area (Å²) in [5, 5.41) is 1.10. The van der Waals surface area contributed by atoms with Crippen molar-refractivity contribution in [3.8, 4) is 5.75 Å². The van der Waals surface area contributed by atoms with Crippen molar-refractivity contribution in [3.05, 3.63) is 64.8 Å². The molecule has 2 heterocycles. The lowest BCUT2D eigenvalue weighted by atomic mass is 10.1. The number of para-hydroxylation sites is 1. The Morgan fingerprint density at radius 3 is 2.66 bits per heavy atom. The molecule has 0 atom stereocenters. The number of nitrogens with zero attached hydrogens (tertiary/aromatic N) is 2. The molecular weight excluding hydrogens is 456 g/mol. The summed E-state index contributed by atoms with van der Waals surface area (Å²) >= 11 is 6.23. The van der Waals surface area contributed by atoms with Crippen LogP contribution < -0.4 is 4.74 Å². The van der Waals surface area contributed by atoms with Crippen LogP contribution >= 0.6 is 11.6 Å². The standard InChI is InChI=1S/C22H21ClN2O6S/c1-29-19-7-6-16(13-20(19)32(27,28)25-8-10-30-11-9-25)22(26)31-14-17-12-15-4-2-3-5-18(15)24-21(17)23/h2-7,12-13H,8-11,14H2,1H3. The van der Waals surface area contributed by atoms with Gasteiger partial charge in [0.1, 0.15) is 22.4 Å². The largest absolute Gasteiger partial charge is 0.495 e. The van der Waals surface area contributed by atoms with E-state index in [-0.39, 0.29) is 41.1 Å². The minimum atomic E-state index is -3.87. The van der Waals surface area contributed by atoms with Gasteiger partial charge in [-0.05, 0) is 30.3 Å². The van der Waals surface area contributed by atoms with Gasteiger partial charge >= 0.3 is 5.97 Å². The van der Waals surface area contributed by atoms with E-state index >= 15 is 0 Å². The van der Waals surface area contributed by atoms with E-state index in [1.807, 2.05) is 24.3 Å². The van der Waals surface area contributed by atoms with Crippen molar-refractivity contribution >= 4 is 38.5 Å². The van der Waals surface area contributed by atoms with Crippen molar-refractivity contribution in [2.45, 2.75) is 11.5 Å². The van der Waals surface area contributed by atoms with Crippen LogP contribution in [0.15, 0.2) is 53.4 Å². The lowest BCUT2D eigenvalue weighted by Gasteiger charge is -2.26. The number of sulfonamides is 1. The molecule has 1 fully saturated rings. The topological polar surface area (TPSA) is 95.0 Å². The fraction of sp³-hybridized carbons (Fsp3) is 0.273. The maximum Gasteiger partial charge on any atom is 0.338 e. The molecule has 2 aromatic carbocycles. The van der Waals surface area contributed by atoms with Crippen molar-refractivity contribution in [3.63, 3.8) is 0 Å². The van der Waals surface area contributed by atoms with Gasteiger partial charge in [0.2, 0.25) is 10.0 Å². The molecule has 3 aromatic rings. The van der Waals surface area contributed by atoms with Gasteiger partial charge in [-0.1, -0.05) is 29.8 Å². The third-order valence-electron chi connectivity index (χ3n) is 5.10. The van der Waals surface area contributed by atoms with Crippen LogP contribution in [0.5, 0.6) is 5.75 Å². The van der Waals surface area contributed by atoms with Crippen molar-refractivity contribution in [1.82, 2.24) is 9.29 Å². The number of morpholine rings is 1. The zero-order chi connectivity index (χ0) is 22.7. The average molecular weight is 477 g/mol. The van der Waals surface area contributed by atoms with Crippen LogP contribution in [0.4, 0.5) is 0 Å². The Labute approximate surface area is 190 Å². The number of halogens is 1. The van der Waals surface area contributed by atoms with Crippen molar-refractivity contribution in [2.24, 2.45) is 0 Å². The molecule has 0 unspecified atom stereocenters. The van der Waals surface area contributed by atoms with Crippen LogP contribution in [0.1, 0.15) is 15.9 Å². The van der Waals surface area contributed by atoms with Crippen molar-refractivity contribution in [1.29, 1.82) is 0 Å². The number of carbonyl (C=O) groups excluding carboxylic acids is 1. The summed E-state index contributed by atoms with van der Waals surface area (Å²) in [6.45, 7) is 0.974. The lowest BCUT2D eigenvalue weighted by molar-refractivity contribution is 0.0472. The molecule has 0 bridgehead atoms. The van der Waals surface area contributed by atoms with Gasteiger partial charge in [-0.25, -0.2) is 18.2 Å². The van der Waals surface area contributed by atoms with E-state index in [0.717, 1.165) is 10.9 Å². The molecule has 168 valence electrons. The van der Waals surface area contributed by atoms with E-state index < -0.39 is 16.0 Å². The van der Waals surface area contributed by atoms with Gasteiger partial charge < -0.3 is 14.2 Å². The Morgan fingerprint density at radius 2 is 1.91 bits per heavy atom. The molecule has 1 saturated heterocycles. The van der Waals surface area contributed by atoms with Crippen LogP contribution in [0, 0.1) is 0 Å². The van der Waals surface area contributed by atoms with Crippen LogP contribution in [-0.4, -0.2) is 57.1 Å². The highest BCUT2D eigenvalue weighted by Gasteiger charge is 2.30. The molecule has 1 aliphatic heterocycles. The van der Waals surface area contributed by atoms with Crippen LogP contribution in [0.25, 0.3) is 10.9 Å². The fourth-order valence-electron chi connectivity index (χ4n) is 3.40. The number of hydrogen-bond donors (Lipinski definition) is 0. The second-order valence-corrected chi connectivity index (χ2v) is 9.35. The molecule has 1 aliphatic rings. The number of hydrogen-bond acceptors (Lipinski definition) is 7. The number of ether oxygens (including phenoxy) is 3. The summed E-state index contributed by atoms with van der Waals surface area (Å²) in [6.07, 6.45) is 0. The number of methoxy groups -OCH3 is 1. The fourth-order valence-corrected chi connectivity index (χ4v) is 5.19. The number of fused-ring (bicyclic) bond motifs is 1. The van der Waals surface area contributed by atoms with E-state index in [1.165, 1.54) is 29.6 Å². The molecule has 0 radical (unpaired) electrons. The van der Waals surface area contributed by atoms with Crippen molar-refractivity contribution in [2.75, 3.05) is 33.4 Å². The van der Waals surface area contributed by atoms with Gasteiger partial charge in [0, 0.05) is 24.0 Å². The Hall–Kier alpha value is -2.72. The van der Waals surface area contributed by atoms with Crippen LogP contribution in [0.2, 0.25) is 5.15 Å². The van der Waals surface area contributed by atoms with Gasteiger partial charge in [-0.3, -0.25) is 0 Å². The zero-order valence-electron chi connectivity index (χ0n) is 17.3. The smallest absolute Gasteiger partial charge is 0.338 e. The molecule has 0 amide bonds. The Bertz CT molecular complexity index is 1260. The summed E-state index contributed by atoms with van der Waals surface area (Å²) in [7, 11) is -2.49. The minimum absolute atomic E-state index is 0.0857. The highest BCUT2D eigenvalue weighted by atomic mass is 35.5. The number of aromatic nitrogens is 1. The Morgan fingerprint density at radius 1 is 1.16 bits per heavy atom. The third kappa shape index (κ3) is 4.56. The Balaban J connectivity index is 1.57. The average Bonchev–Trinajstić information content (AvgIpc) is 2.82. The number of carbonyl (C=O) groups is 1. The molecule has 10 heteroatoms. The molecule has 1 aromatic heterocycles. The molecule has 0 N–H and O–H groups in total. The first kappa shape index (κ1) is 22.5. The molecule has 8 nitrogen and oxygen atoms in total. The molecule has 0 spiro atoms. The van der Waals surface area contributed by atoms with Gasteiger partial charge in [-0.2, -0.15) is 4.31 Å². The summed E-state index contributed by atoms with van der Waals surface area (Å²) in [4.78, 5) is 16.9. The maximum absolute atomic E-state index is 13.1. The third-order valence-corrected chi connectivity index (χ3v) is 7.34. The van der Waals surface area contributed by atoms with E-state index in [2.05, 4.69) is 4.98 Å². The van der Waals surface area contributed by atoms with Crippen LogP contribution in [-0.2, 0) is 26.1 Å². The number of rotatable bonds is 6. The molecule has 0 saturated carbocycles. The summed E-state index contributed by atoms with van der Waals surface area (Å²) in [5.41, 5.74) is 1.37. The number of pyridine rings is 1. The predicted octanol–water partition coefficient (Wildman–Crippen LogP) is 3.27. The van der Waals surface area contributed by atoms with E-state index in [1.54, 1.807) is 6.07 Å². The summed E-state index contributed by atoms with van der Waals surface area (Å²) in [6, 6.07) is 13.4. The van der Waals surface area contributed by atoms with Crippen molar-refractivity contribution < 1.29 is 27.4 Å². The van der Waals surface area contributed by atoms with Gasteiger partial charge in [0.05, 0.1) is 31.4 Å². The second kappa shape index (κ2) is 9.41. The SMILES string of the molecule is COc1ccc(C(=O)OCc2cc3ccccc3nc2Cl)cc1S(=O)(=O)N1CCOCC1. The van der Waals surface area contributed by atoms with Gasteiger partial charge in [0.15, 0.2) is 0 Å². The number of esters is 1. The van der Waals surface area contributed by atoms with E-state index in [0.29, 0.717) is 18.8 Å². The highest BCUT2D eigenvalue weighted by Crippen LogP contribution is 2.29. The second-order valence-electron chi connectivity index (χ2n) is 7.09. The first-order valence-electron chi connectivity index (χ1n) is 9.87. The zero-order valence-corrected chi connectivity index (χ0v) is 18.9. The molecule has 4 rings (SSSR count). The highest BCUT2D eigenvalue weighted by molar-refractivity contribution is 7.89. The Kier molecular flexibility index (Phi) is 6.61. The van der Waals surface area contributed by atoms with E-state index in [4.69, 9.17) is 25.8 Å².